The molecule has 0 fully saturated rings. The molecule has 6 heteroatoms. The van der Waals surface area contributed by atoms with Crippen LogP contribution in [0.4, 0.5) is 0 Å². The fourth-order valence-electron chi connectivity index (χ4n) is 2.13. The van der Waals surface area contributed by atoms with Gasteiger partial charge in [0.25, 0.3) is 5.91 Å². The van der Waals surface area contributed by atoms with Crippen molar-refractivity contribution < 1.29 is 14.3 Å². The number of hydrogen-bond donors (Lipinski definition) is 1. The molecule has 2 rings (SSSR count). The minimum Gasteiger partial charge on any atom is -0.452 e. The second-order valence-corrected chi connectivity index (χ2v) is 6.40. The molecule has 0 aromatic heterocycles. The van der Waals surface area contributed by atoms with Crippen molar-refractivity contribution in [3.05, 3.63) is 64.7 Å². The van der Waals surface area contributed by atoms with Crippen molar-refractivity contribution in [1.82, 2.24) is 5.32 Å². The van der Waals surface area contributed by atoms with Crippen LogP contribution in [0, 0.1) is 0 Å². The molecule has 0 heterocycles. The number of hydrogen-bond acceptors (Lipinski definition) is 4. The van der Waals surface area contributed by atoms with Gasteiger partial charge in [-0.2, -0.15) is 0 Å². The van der Waals surface area contributed by atoms with Gasteiger partial charge in [0.05, 0.1) is 11.6 Å². The van der Waals surface area contributed by atoms with Crippen molar-refractivity contribution in [3.8, 4) is 0 Å². The van der Waals surface area contributed by atoms with Gasteiger partial charge in [0.15, 0.2) is 6.61 Å². The van der Waals surface area contributed by atoms with Crippen molar-refractivity contribution in [3.63, 3.8) is 0 Å². The molecule has 0 bridgehead atoms. The van der Waals surface area contributed by atoms with E-state index in [1.807, 2.05) is 43.5 Å². The first-order chi connectivity index (χ1) is 11.5. The highest BCUT2D eigenvalue weighted by Gasteiger charge is 2.14. The molecule has 126 valence electrons. The van der Waals surface area contributed by atoms with E-state index in [1.54, 1.807) is 30.0 Å². The zero-order valence-electron chi connectivity index (χ0n) is 13.4. The molecule has 0 unspecified atom stereocenters. The van der Waals surface area contributed by atoms with Crippen LogP contribution in [-0.4, -0.2) is 24.7 Å². The molecule has 0 aliphatic rings. The van der Waals surface area contributed by atoms with Crippen LogP contribution in [0.5, 0.6) is 0 Å². The summed E-state index contributed by atoms with van der Waals surface area (Å²) in [5.41, 5.74) is 1.23. The third-order valence-electron chi connectivity index (χ3n) is 3.41. The normalized spacial score (nSPS) is 11.6. The Morgan fingerprint density at radius 2 is 1.83 bits per heavy atom. The van der Waals surface area contributed by atoms with Crippen LogP contribution in [0.2, 0.25) is 5.02 Å². The van der Waals surface area contributed by atoms with Gasteiger partial charge in [0.2, 0.25) is 0 Å². The fourth-order valence-corrected chi connectivity index (χ4v) is 2.84. The third-order valence-corrected chi connectivity index (χ3v) is 4.50. The number of halogens is 1. The molecule has 0 aliphatic carbocycles. The largest absolute Gasteiger partial charge is 0.452 e. The van der Waals surface area contributed by atoms with Crippen LogP contribution < -0.4 is 5.32 Å². The molecule has 4 nitrogen and oxygen atoms in total. The molecule has 0 aliphatic heterocycles. The SMILES string of the molecule is CSc1ccc(C(=O)OCC(=O)N[C@H](C)c2ccccc2Cl)cc1. The predicted molar refractivity (Wildman–Crippen MR) is 96.5 cm³/mol. The molecule has 24 heavy (non-hydrogen) atoms. The number of benzene rings is 2. The smallest absolute Gasteiger partial charge is 0.338 e. The lowest BCUT2D eigenvalue weighted by molar-refractivity contribution is -0.124. The fraction of sp³-hybridized carbons (Fsp3) is 0.222. The number of amides is 1. The number of carbonyl (C=O) groups is 2. The highest BCUT2D eigenvalue weighted by Crippen LogP contribution is 2.22. The third kappa shape index (κ3) is 5.01. The van der Waals surface area contributed by atoms with E-state index < -0.39 is 5.97 Å². The standard InChI is InChI=1S/C18H18ClNO3S/c1-12(15-5-3-4-6-16(15)19)20-17(21)11-23-18(22)13-7-9-14(24-2)10-8-13/h3-10,12H,11H2,1-2H3,(H,20,21)/t12-/m1/s1. The lowest BCUT2D eigenvalue weighted by Crippen LogP contribution is -2.31. The molecule has 2 aromatic rings. The molecule has 1 N–H and O–H groups in total. The molecular formula is C18H18ClNO3S. The summed E-state index contributed by atoms with van der Waals surface area (Å²) in [6.45, 7) is 1.49. The van der Waals surface area contributed by atoms with Gasteiger partial charge in [-0.05, 0) is 49.1 Å². The molecule has 2 aromatic carbocycles. The van der Waals surface area contributed by atoms with Gasteiger partial charge in [0.1, 0.15) is 0 Å². The first-order valence-corrected chi connectivity index (χ1v) is 8.96. The molecule has 1 amide bonds. The van der Waals surface area contributed by atoms with Gasteiger partial charge in [-0.1, -0.05) is 29.8 Å². The van der Waals surface area contributed by atoms with E-state index in [2.05, 4.69) is 5.32 Å². The van der Waals surface area contributed by atoms with Crippen molar-refractivity contribution in [2.24, 2.45) is 0 Å². The highest BCUT2D eigenvalue weighted by molar-refractivity contribution is 7.98. The van der Waals surface area contributed by atoms with Crippen LogP contribution >= 0.6 is 23.4 Å². The van der Waals surface area contributed by atoms with E-state index in [0.29, 0.717) is 10.6 Å². The number of esters is 1. The second-order valence-electron chi connectivity index (χ2n) is 5.12. The summed E-state index contributed by atoms with van der Waals surface area (Å²) < 4.78 is 5.04. The number of rotatable bonds is 6. The van der Waals surface area contributed by atoms with Gasteiger partial charge in [-0.3, -0.25) is 4.79 Å². The molecule has 1 atom stereocenters. The monoisotopic (exact) mass is 363 g/mol. The lowest BCUT2D eigenvalue weighted by atomic mass is 10.1. The average molecular weight is 364 g/mol. The van der Waals surface area contributed by atoms with E-state index in [0.717, 1.165) is 10.5 Å². The second kappa shape index (κ2) is 8.76. The van der Waals surface area contributed by atoms with Crippen LogP contribution in [0.25, 0.3) is 0 Å². The Labute approximate surface area is 150 Å². The van der Waals surface area contributed by atoms with Crippen molar-refractivity contribution in [2.45, 2.75) is 17.9 Å². The van der Waals surface area contributed by atoms with E-state index in [4.69, 9.17) is 16.3 Å². The zero-order valence-corrected chi connectivity index (χ0v) is 15.0. The highest BCUT2D eigenvalue weighted by atomic mass is 35.5. The van der Waals surface area contributed by atoms with Gasteiger partial charge in [-0.15, -0.1) is 11.8 Å². The minimum atomic E-state index is -0.525. The average Bonchev–Trinajstić information content (AvgIpc) is 2.60. The summed E-state index contributed by atoms with van der Waals surface area (Å²) in [4.78, 5) is 24.9. The van der Waals surface area contributed by atoms with Crippen LogP contribution in [0.3, 0.4) is 0 Å². The van der Waals surface area contributed by atoms with Gasteiger partial charge in [-0.25, -0.2) is 4.79 Å². The molecule has 0 spiro atoms. The maximum atomic E-state index is 11.9. The molecule has 0 radical (unpaired) electrons. The maximum absolute atomic E-state index is 11.9. The first kappa shape index (κ1) is 18.4. The molecular weight excluding hydrogens is 346 g/mol. The summed E-state index contributed by atoms with van der Waals surface area (Å²) in [7, 11) is 0. The Hall–Kier alpha value is -1.98. The lowest BCUT2D eigenvalue weighted by Gasteiger charge is -2.15. The molecule has 0 saturated heterocycles. The van der Waals surface area contributed by atoms with Crippen molar-refractivity contribution in [2.75, 3.05) is 12.9 Å². The van der Waals surface area contributed by atoms with Crippen LogP contribution in [0.15, 0.2) is 53.4 Å². The van der Waals surface area contributed by atoms with Crippen molar-refractivity contribution >= 4 is 35.2 Å². The van der Waals surface area contributed by atoms with E-state index >= 15 is 0 Å². The zero-order chi connectivity index (χ0) is 17.5. The van der Waals surface area contributed by atoms with Gasteiger partial charge < -0.3 is 10.1 Å². The topological polar surface area (TPSA) is 55.4 Å². The summed E-state index contributed by atoms with van der Waals surface area (Å²) >= 11 is 7.68. The number of nitrogens with one attached hydrogen (secondary N) is 1. The summed E-state index contributed by atoms with van der Waals surface area (Å²) in [6, 6.07) is 14.0. The Morgan fingerprint density at radius 3 is 2.46 bits per heavy atom. The van der Waals surface area contributed by atoms with E-state index in [1.165, 1.54) is 0 Å². The van der Waals surface area contributed by atoms with Gasteiger partial charge in [0, 0.05) is 9.92 Å². The summed E-state index contributed by atoms with van der Waals surface area (Å²) in [5.74, 6) is -0.903. The Morgan fingerprint density at radius 1 is 1.17 bits per heavy atom. The molecule has 0 saturated carbocycles. The summed E-state index contributed by atoms with van der Waals surface area (Å²) in [6.07, 6.45) is 1.96. The summed E-state index contributed by atoms with van der Waals surface area (Å²) in [5, 5.41) is 3.34. The predicted octanol–water partition coefficient (Wildman–Crippen LogP) is 4.10. The van der Waals surface area contributed by atoms with Crippen molar-refractivity contribution in [1.29, 1.82) is 0 Å². The number of carbonyl (C=O) groups excluding carboxylic acids is 2. The number of thioether (sulfide) groups is 1. The van der Waals surface area contributed by atoms with Gasteiger partial charge >= 0.3 is 5.97 Å². The minimum absolute atomic E-state index is 0.272. The Balaban J connectivity index is 1.86. The quantitative estimate of drug-likeness (QED) is 0.620. The van der Waals surface area contributed by atoms with E-state index in [-0.39, 0.29) is 18.6 Å². The van der Waals surface area contributed by atoms with Crippen LogP contribution in [-0.2, 0) is 9.53 Å². The number of ether oxygens (including phenoxy) is 1. The Kier molecular flexibility index (Phi) is 6.70. The maximum Gasteiger partial charge on any atom is 0.338 e. The Bertz CT molecular complexity index is 718. The van der Waals surface area contributed by atoms with E-state index in [9.17, 15) is 9.59 Å². The first-order valence-electron chi connectivity index (χ1n) is 7.36. The van der Waals surface area contributed by atoms with Crippen LogP contribution in [0.1, 0.15) is 28.9 Å².